The first kappa shape index (κ1) is 17.9. The number of anilines is 1. The zero-order chi connectivity index (χ0) is 18.6. The fourth-order valence-corrected chi connectivity index (χ4v) is 2.95. The lowest BCUT2D eigenvalue weighted by atomic mass is 10.1. The number of halogens is 3. The molecule has 2 heterocycles. The normalized spacial score (nSPS) is 11.2. The molecule has 0 fully saturated rings. The summed E-state index contributed by atoms with van der Waals surface area (Å²) in [7, 11) is 0. The first-order chi connectivity index (χ1) is 12.4. The maximum Gasteiger partial charge on any atom is 0.422 e. The molecule has 3 aromatic rings. The van der Waals surface area contributed by atoms with Crippen LogP contribution in [0.4, 0.5) is 18.9 Å². The average Bonchev–Trinajstić information content (AvgIpc) is 3.15. The minimum absolute atomic E-state index is 0.196. The van der Waals surface area contributed by atoms with Gasteiger partial charge in [0.2, 0.25) is 5.88 Å². The number of amides is 1. The lowest BCUT2D eigenvalue weighted by molar-refractivity contribution is -0.154. The summed E-state index contributed by atoms with van der Waals surface area (Å²) < 4.78 is 40.9. The Bertz CT molecular complexity index is 878. The van der Waals surface area contributed by atoms with Crippen LogP contribution in [0.15, 0.2) is 60.1 Å². The van der Waals surface area contributed by atoms with Crippen molar-refractivity contribution in [1.29, 1.82) is 0 Å². The standard InChI is InChI=1S/C18H13F3N2O2S/c19-18(20,21)11-25-16-8-7-12(10-22-16)17(24)23-14-5-2-1-4-13(14)15-6-3-9-26-15/h1-10H,11H2,(H,23,24). The van der Waals surface area contributed by atoms with Crippen molar-refractivity contribution < 1.29 is 22.7 Å². The first-order valence-electron chi connectivity index (χ1n) is 7.52. The molecule has 0 bridgehead atoms. The molecular weight excluding hydrogens is 365 g/mol. The van der Waals surface area contributed by atoms with Crippen LogP contribution < -0.4 is 10.1 Å². The van der Waals surface area contributed by atoms with Crippen molar-refractivity contribution in [2.45, 2.75) is 6.18 Å². The predicted octanol–water partition coefficient (Wildman–Crippen LogP) is 5.00. The van der Waals surface area contributed by atoms with Gasteiger partial charge in [-0.1, -0.05) is 24.3 Å². The Hall–Kier alpha value is -2.87. The van der Waals surface area contributed by atoms with E-state index in [2.05, 4.69) is 15.0 Å². The van der Waals surface area contributed by atoms with E-state index < -0.39 is 18.7 Å². The van der Waals surface area contributed by atoms with Crippen LogP contribution in [0.3, 0.4) is 0 Å². The van der Waals surface area contributed by atoms with E-state index in [1.807, 2.05) is 29.6 Å². The van der Waals surface area contributed by atoms with Gasteiger partial charge in [-0.15, -0.1) is 11.3 Å². The van der Waals surface area contributed by atoms with E-state index in [0.29, 0.717) is 5.69 Å². The van der Waals surface area contributed by atoms with Gasteiger partial charge in [0.25, 0.3) is 5.91 Å². The lowest BCUT2D eigenvalue weighted by Crippen LogP contribution is -2.19. The van der Waals surface area contributed by atoms with Crippen LogP contribution in [-0.4, -0.2) is 23.7 Å². The van der Waals surface area contributed by atoms with E-state index in [4.69, 9.17) is 0 Å². The van der Waals surface area contributed by atoms with E-state index in [1.54, 1.807) is 23.5 Å². The van der Waals surface area contributed by atoms with Gasteiger partial charge < -0.3 is 10.1 Å². The van der Waals surface area contributed by atoms with Gasteiger partial charge in [-0.2, -0.15) is 13.2 Å². The lowest BCUT2D eigenvalue weighted by Gasteiger charge is -2.11. The number of ether oxygens (including phenoxy) is 1. The Morgan fingerprint density at radius 1 is 1.12 bits per heavy atom. The molecule has 3 rings (SSSR count). The van der Waals surface area contributed by atoms with Crippen molar-refractivity contribution in [3.63, 3.8) is 0 Å². The zero-order valence-corrected chi connectivity index (χ0v) is 14.1. The fourth-order valence-electron chi connectivity index (χ4n) is 2.19. The van der Waals surface area contributed by atoms with Gasteiger partial charge in [0.1, 0.15) is 0 Å². The molecule has 2 aromatic heterocycles. The first-order valence-corrected chi connectivity index (χ1v) is 8.40. The van der Waals surface area contributed by atoms with Crippen LogP contribution in [0.2, 0.25) is 0 Å². The van der Waals surface area contributed by atoms with E-state index in [0.717, 1.165) is 10.4 Å². The number of alkyl halides is 3. The van der Waals surface area contributed by atoms with E-state index in [-0.39, 0.29) is 11.4 Å². The number of nitrogens with one attached hydrogen (secondary N) is 1. The Morgan fingerprint density at radius 2 is 1.92 bits per heavy atom. The maximum atomic E-state index is 12.4. The largest absolute Gasteiger partial charge is 0.468 e. The number of hydrogen-bond donors (Lipinski definition) is 1. The molecule has 1 N–H and O–H groups in total. The van der Waals surface area contributed by atoms with Crippen molar-refractivity contribution in [3.8, 4) is 16.3 Å². The van der Waals surface area contributed by atoms with Crippen molar-refractivity contribution in [1.82, 2.24) is 4.98 Å². The number of carbonyl (C=O) groups is 1. The van der Waals surface area contributed by atoms with Gasteiger partial charge in [-0.3, -0.25) is 4.79 Å². The van der Waals surface area contributed by atoms with Crippen LogP contribution >= 0.6 is 11.3 Å². The SMILES string of the molecule is O=C(Nc1ccccc1-c1cccs1)c1ccc(OCC(F)(F)F)nc1. The number of benzene rings is 1. The zero-order valence-electron chi connectivity index (χ0n) is 13.3. The second kappa shape index (κ2) is 7.57. The van der Waals surface area contributed by atoms with Crippen molar-refractivity contribution in [3.05, 3.63) is 65.7 Å². The molecule has 1 amide bonds. The second-order valence-electron chi connectivity index (χ2n) is 5.27. The number of para-hydroxylation sites is 1. The fraction of sp³-hybridized carbons (Fsp3) is 0.111. The average molecular weight is 378 g/mol. The summed E-state index contributed by atoms with van der Waals surface area (Å²) in [5.41, 5.74) is 1.73. The van der Waals surface area contributed by atoms with Gasteiger partial charge in [0.15, 0.2) is 6.61 Å². The van der Waals surface area contributed by atoms with Gasteiger partial charge in [-0.05, 0) is 23.6 Å². The molecule has 26 heavy (non-hydrogen) atoms. The molecule has 0 aliphatic heterocycles. The summed E-state index contributed by atoms with van der Waals surface area (Å²) in [5, 5.41) is 4.74. The number of rotatable bonds is 5. The Morgan fingerprint density at radius 3 is 2.58 bits per heavy atom. The number of aromatic nitrogens is 1. The quantitative estimate of drug-likeness (QED) is 0.679. The van der Waals surface area contributed by atoms with Crippen LogP contribution in [0.5, 0.6) is 5.88 Å². The molecule has 1 aromatic carbocycles. The van der Waals surface area contributed by atoms with Gasteiger partial charge in [-0.25, -0.2) is 4.98 Å². The number of nitrogens with zero attached hydrogens (tertiary/aromatic N) is 1. The molecule has 134 valence electrons. The summed E-state index contributed by atoms with van der Waals surface area (Å²) >= 11 is 1.55. The number of hydrogen-bond acceptors (Lipinski definition) is 4. The Balaban J connectivity index is 1.71. The van der Waals surface area contributed by atoms with Gasteiger partial charge in [0.05, 0.1) is 5.56 Å². The highest BCUT2D eigenvalue weighted by atomic mass is 32.1. The summed E-state index contributed by atoms with van der Waals surface area (Å²) in [4.78, 5) is 17.1. The van der Waals surface area contributed by atoms with Crippen LogP contribution in [-0.2, 0) is 0 Å². The summed E-state index contributed by atoms with van der Waals surface area (Å²) in [6.45, 7) is -1.43. The molecule has 0 saturated heterocycles. The number of pyridine rings is 1. The molecule has 0 saturated carbocycles. The van der Waals surface area contributed by atoms with Crippen LogP contribution in [0.25, 0.3) is 10.4 Å². The molecule has 0 aliphatic rings. The van der Waals surface area contributed by atoms with Crippen LogP contribution in [0.1, 0.15) is 10.4 Å². The predicted molar refractivity (Wildman–Crippen MR) is 93.5 cm³/mol. The molecule has 0 unspecified atom stereocenters. The highest BCUT2D eigenvalue weighted by Gasteiger charge is 2.28. The molecule has 0 aliphatic carbocycles. The van der Waals surface area contributed by atoms with Gasteiger partial charge >= 0.3 is 6.18 Å². The van der Waals surface area contributed by atoms with Crippen molar-refractivity contribution in [2.24, 2.45) is 0 Å². The molecule has 8 heteroatoms. The van der Waals surface area contributed by atoms with E-state index in [1.165, 1.54) is 18.3 Å². The smallest absolute Gasteiger partial charge is 0.422 e. The minimum Gasteiger partial charge on any atom is -0.468 e. The monoisotopic (exact) mass is 378 g/mol. The number of thiophene rings is 1. The van der Waals surface area contributed by atoms with Crippen LogP contribution in [0, 0.1) is 0 Å². The Kier molecular flexibility index (Phi) is 5.22. The number of carbonyl (C=O) groups excluding carboxylic acids is 1. The molecule has 4 nitrogen and oxygen atoms in total. The van der Waals surface area contributed by atoms with Crippen molar-refractivity contribution >= 4 is 22.9 Å². The molecule has 0 atom stereocenters. The highest BCUT2D eigenvalue weighted by Crippen LogP contribution is 2.31. The third-order valence-corrected chi connectivity index (χ3v) is 4.25. The van der Waals surface area contributed by atoms with Crippen molar-refractivity contribution in [2.75, 3.05) is 11.9 Å². The second-order valence-corrected chi connectivity index (χ2v) is 6.21. The molecule has 0 spiro atoms. The summed E-state index contributed by atoms with van der Waals surface area (Å²) in [5.74, 6) is -0.610. The van der Waals surface area contributed by atoms with E-state index in [9.17, 15) is 18.0 Å². The molecular formula is C18H13F3N2O2S. The summed E-state index contributed by atoms with van der Waals surface area (Å²) in [6, 6.07) is 13.8. The third kappa shape index (κ3) is 4.60. The third-order valence-electron chi connectivity index (χ3n) is 3.34. The summed E-state index contributed by atoms with van der Waals surface area (Å²) in [6.07, 6.45) is -3.27. The minimum atomic E-state index is -4.44. The van der Waals surface area contributed by atoms with Gasteiger partial charge in [0, 0.05) is 28.4 Å². The topological polar surface area (TPSA) is 51.2 Å². The molecule has 0 radical (unpaired) electrons. The van der Waals surface area contributed by atoms with E-state index >= 15 is 0 Å². The maximum absolute atomic E-state index is 12.4. The Labute approximate surface area is 151 Å². The highest BCUT2D eigenvalue weighted by molar-refractivity contribution is 7.13.